The number of benzene rings is 2. The number of hydrogen-bond acceptors (Lipinski definition) is 9. The third-order valence-electron chi connectivity index (χ3n) is 11.0. The summed E-state index contributed by atoms with van der Waals surface area (Å²) in [6.07, 6.45) is 3.68. The zero-order chi connectivity index (χ0) is 36.5. The number of aryl methyl sites for hydroxylation is 3. The van der Waals surface area contributed by atoms with Crippen LogP contribution in [0.25, 0.3) is 33.4 Å². The van der Waals surface area contributed by atoms with Gasteiger partial charge in [-0.15, -0.1) is 0 Å². The summed E-state index contributed by atoms with van der Waals surface area (Å²) in [5.74, 6) is 1.34. The van der Waals surface area contributed by atoms with E-state index in [1.165, 1.54) is 17.2 Å². The van der Waals surface area contributed by atoms with Crippen LogP contribution >= 0.6 is 11.6 Å². The molecule has 1 spiro atoms. The fourth-order valence-electron chi connectivity index (χ4n) is 8.27. The summed E-state index contributed by atoms with van der Waals surface area (Å²) in [4.78, 5) is 54.5. The van der Waals surface area contributed by atoms with E-state index in [4.69, 9.17) is 21.3 Å². The van der Waals surface area contributed by atoms with Crippen molar-refractivity contribution in [2.45, 2.75) is 51.1 Å². The summed E-state index contributed by atoms with van der Waals surface area (Å²) in [6.45, 7) is 6.11. The monoisotopic (exact) mass is 721 g/mol. The number of carbonyl (C=O) groups excluding carboxylic acids is 1. The van der Waals surface area contributed by atoms with E-state index in [0.717, 1.165) is 82.5 Å². The van der Waals surface area contributed by atoms with Gasteiger partial charge in [0, 0.05) is 62.1 Å². The van der Waals surface area contributed by atoms with Crippen LogP contribution in [0.5, 0.6) is 5.88 Å². The number of likely N-dealkylation sites (tertiary alicyclic amines) is 1. The van der Waals surface area contributed by atoms with Gasteiger partial charge < -0.3 is 20.7 Å². The number of nitrogens with one attached hydrogen (secondary N) is 3. The van der Waals surface area contributed by atoms with Crippen LogP contribution in [0.3, 0.4) is 0 Å². The lowest BCUT2D eigenvalue weighted by atomic mass is 9.93. The van der Waals surface area contributed by atoms with Gasteiger partial charge in [0.25, 0.3) is 5.56 Å². The number of pyridine rings is 1. The van der Waals surface area contributed by atoms with Crippen molar-refractivity contribution in [3.63, 3.8) is 0 Å². The molecule has 1 aliphatic carbocycles. The summed E-state index contributed by atoms with van der Waals surface area (Å²) < 4.78 is 8.36. The topological polar surface area (TPSA) is 148 Å². The Balaban J connectivity index is 1.13. The molecular formula is C38H40ClN9O4. The maximum absolute atomic E-state index is 13.3. The molecule has 0 unspecified atom stereocenters. The average molecular weight is 722 g/mol. The second-order valence-corrected chi connectivity index (χ2v) is 14.4. The molecule has 5 heterocycles. The Bertz CT molecular complexity index is 2430. The SMILES string of the molecule is COc1nc(-c2cccc(-c3cccc(Nc4nc(C)nc5c4c(=O)n(C)c(=O)n5C)c3C)c2Cl)cc2c1[C@@H](N1CC[C@@]3(CCNC(=O)N3)C1)CC2. The van der Waals surface area contributed by atoms with Gasteiger partial charge in [0.1, 0.15) is 17.0 Å². The highest BCUT2D eigenvalue weighted by Crippen LogP contribution is 2.46. The summed E-state index contributed by atoms with van der Waals surface area (Å²) in [5, 5.41) is 10.2. The molecule has 5 aromatic rings. The Hall–Kier alpha value is -5.27. The number of rotatable bonds is 6. The average Bonchev–Trinajstić information content (AvgIpc) is 3.74. The molecule has 0 saturated carbocycles. The lowest BCUT2D eigenvalue weighted by Gasteiger charge is -2.36. The third-order valence-corrected chi connectivity index (χ3v) is 11.4. The zero-order valence-electron chi connectivity index (χ0n) is 29.8. The molecule has 52 heavy (non-hydrogen) atoms. The Morgan fingerprint density at radius 3 is 2.54 bits per heavy atom. The minimum atomic E-state index is -0.478. The fraction of sp³-hybridized carbons (Fsp3) is 0.368. The van der Waals surface area contributed by atoms with Crippen molar-refractivity contribution in [2.75, 3.05) is 32.1 Å². The Morgan fingerprint density at radius 2 is 1.75 bits per heavy atom. The van der Waals surface area contributed by atoms with Crippen molar-refractivity contribution < 1.29 is 9.53 Å². The fourth-order valence-corrected chi connectivity index (χ4v) is 8.59. The summed E-state index contributed by atoms with van der Waals surface area (Å²) in [6, 6.07) is 14.0. The molecule has 2 aliphatic heterocycles. The van der Waals surface area contributed by atoms with Gasteiger partial charge in [0.15, 0.2) is 5.65 Å². The molecule has 0 bridgehead atoms. The Morgan fingerprint density at radius 1 is 0.981 bits per heavy atom. The van der Waals surface area contributed by atoms with Crippen LogP contribution in [0, 0.1) is 13.8 Å². The molecule has 14 heteroatoms. The highest BCUT2D eigenvalue weighted by molar-refractivity contribution is 6.36. The molecule has 2 saturated heterocycles. The van der Waals surface area contributed by atoms with E-state index in [2.05, 4.69) is 36.9 Å². The quantitative estimate of drug-likeness (QED) is 0.222. The molecule has 13 nitrogen and oxygen atoms in total. The maximum atomic E-state index is 13.3. The number of amides is 2. The minimum absolute atomic E-state index is 0.0863. The van der Waals surface area contributed by atoms with Crippen molar-refractivity contribution in [2.24, 2.45) is 14.1 Å². The van der Waals surface area contributed by atoms with Gasteiger partial charge in [-0.1, -0.05) is 41.9 Å². The molecule has 2 amide bonds. The lowest BCUT2D eigenvalue weighted by Crippen LogP contribution is -2.59. The van der Waals surface area contributed by atoms with Gasteiger partial charge in [-0.25, -0.2) is 24.5 Å². The number of methoxy groups -OCH3 is 1. The van der Waals surface area contributed by atoms with E-state index in [9.17, 15) is 14.4 Å². The van der Waals surface area contributed by atoms with Crippen LogP contribution in [-0.2, 0) is 20.5 Å². The summed E-state index contributed by atoms with van der Waals surface area (Å²) in [5.41, 5.74) is 6.32. The molecule has 2 atom stereocenters. The van der Waals surface area contributed by atoms with E-state index in [-0.39, 0.29) is 28.6 Å². The standard InChI is InChI=1S/C38H40ClN9O4/c1-20-23(8-7-11-26(20)43-32-30-33(42-21(2)41-32)46(3)37(51)47(4)35(30)49)24-9-6-10-25(31(24)39)27-18-22-12-13-28(29(22)34(44-27)52-5)48-17-15-38(19-48)14-16-40-36(50)45-38/h6-11,18,28H,12-17,19H2,1-5H3,(H2,40,45,50)(H,41,42,43)/t28-,38-/m0/s1. The number of hydrogen-bond donors (Lipinski definition) is 3. The number of carbonyl (C=O) groups is 1. The molecule has 2 aromatic carbocycles. The molecule has 8 rings (SSSR count). The molecule has 3 aliphatic rings. The third kappa shape index (κ3) is 5.50. The number of anilines is 2. The van der Waals surface area contributed by atoms with Gasteiger partial charge in [0.2, 0.25) is 5.88 Å². The zero-order valence-corrected chi connectivity index (χ0v) is 30.5. The van der Waals surface area contributed by atoms with Crippen LogP contribution < -0.4 is 31.9 Å². The number of urea groups is 1. The van der Waals surface area contributed by atoms with Crippen LogP contribution in [0.15, 0.2) is 52.1 Å². The summed E-state index contributed by atoms with van der Waals surface area (Å²) in [7, 11) is 4.69. The largest absolute Gasteiger partial charge is 0.481 e. The number of nitrogens with zero attached hydrogens (tertiary/aromatic N) is 6. The Labute approximate surface area is 305 Å². The number of aromatic nitrogens is 5. The molecule has 3 aromatic heterocycles. The highest BCUT2D eigenvalue weighted by atomic mass is 35.5. The number of halogens is 1. The van der Waals surface area contributed by atoms with Crippen LogP contribution in [0.4, 0.5) is 16.3 Å². The van der Waals surface area contributed by atoms with Gasteiger partial charge in [-0.3, -0.25) is 18.8 Å². The minimum Gasteiger partial charge on any atom is -0.481 e. The van der Waals surface area contributed by atoms with E-state index in [0.29, 0.717) is 29.1 Å². The van der Waals surface area contributed by atoms with Crippen molar-refractivity contribution in [3.05, 3.63) is 90.8 Å². The molecule has 3 N–H and O–H groups in total. The second-order valence-electron chi connectivity index (χ2n) is 14.1. The first-order chi connectivity index (χ1) is 25.0. The van der Waals surface area contributed by atoms with Crippen LogP contribution in [-0.4, -0.2) is 67.3 Å². The molecule has 2 fully saturated rings. The van der Waals surface area contributed by atoms with Crippen molar-refractivity contribution >= 4 is 40.2 Å². The molecule has 268 valence electrons. The second kappa shape index (κ2) is 12.7. The maximum Gasteiger partial charge on any atom is 0.332 e. The predicted molar refractivity (Wildman–Crippen MR) is 201 cm³/mol. The normalized spacial score (nSPS) is 19.9. The first-order valence-corrected chi connectivity index (χ1v) is 17.8. The Kier molecular flexibility index (Phi) is 8.30. The molecule has 0 radical (unpaired) electrons. The van der Waals surface area contributed by atoms with Crippen LogP contribution in [0.2, 0.25) is 5.02 Å². The number of fused-ring (bicyclic) bond motifs is 2. The van der Waals surface area contributed by atoms with Gasteiger partial charge in [-0.05, 0) is 68.4 Å². The van der Waals surface area contributed by atoms with Gasteiger partial charge in [-0.2, -0.15) is 0 Å². The molecular weight excluding hydrogens is 682 g/mol. The van der Waals surface area contributed by atoms with E-state index in [1.54, 1.807) is 21.1 Å². The lowest BCUT2D eigenvalue weighted by molar-refractivity contribution is 0.187. The summed E-state index contributed by atoms with van der Waals surface area (Å²) >= 11 is 7.26. The highest BCUT2D eigenvalue weighted by Gasteiger charge is 2.45. The van der Waals surface area contributed by atoms with Crippen molar-refractivity contribution in [3.8, 4) is 28.3 Å². The first kappa shape index (κ1) is 33.9. The van der Waals surface area contributed by atoms with E-state index < -0.39 is 11.2 Å². The smallest absolute Gasteiger partial charge is 0.332 e. The van der Waals surface area contributed by atoms with E-state index in [1.807, 2.05) is 43.3 Å². The van der Waals surface area contributed by atoms with Gasteiger partial charge >= 0.3 is 11.7 Å². The van der Waals surface area contributed by atoms with Crippen molar-refractivity contribution in [1.29, 1.82) is 0 Å². The van der Waals surface area contributed by atoms with Crippen molar-refractivity contribution in [1.82, 2.24) is 39.6 Å². The van der Waals surface area contributed by atoms with Crippen LogP contribution in [0.1, 0.15) is 47.8 Å². The number of ether oxygens (including phenoxy) is 1. The van der Waals surface area contributed by atoms with E-state index >= 15 is 0 Å². The van der Waals surface area contributed by atoms with Gasteiger partial charge in [0.05, 0.1) is 23.4 Å². The first-order valence-electron chi connectivity index (χ1n) is 17.5. The predicted octanol–water partition coefficient (Wildman–Crippen LogP) is 4.91.